The van der Waals surface area contributed by atoms with Gasteiger partial charge in [-0.05, 0) is 55.7 Å². The lowest BCUT2D eigenvalue weighted by molar-refractivity contribution is -0.146. The molecule has 4 rings (SSSR count). The first-order valence-corrected chi connectivity index (χ1v) is 11.4. The minimum Gasteiger partial charge on any atom is -0.481 e. The number of rotatable bonds is 6. The first-order chi connectivity index (χ1) is 15.0. The Bertz CT molecular complexity index is 1020. The molecule has 0 aliphatic heterocycles. The Hall–Kier alpha value is -3.00. The fraction of sp³-hybridized carbons (Fsp3) is 0.391. The highest BCUT2D eigenvalue weighted by Crippen LogP contribution is 2.39. The number of hydrogen-bond donors (Lipinski definition) is 3. The second kappa shape index (κ2) is 9.43. The maximum Gasteiger partial charge on any atom is 0.307 e. The average Bonchev–Trinajstić information content (AvgIpc) is 3.16. The molecule has 8 heteroatoms. The highest BCUT2D eigenvalue weighted by Gasteiger charge is 2.35. The number of allylic oxidation sites excluding steroid dienone is 2. The Labute approximate surface area is 184 Å². The zero-order chi connectivity index (χ0) is 21.8. The molecule has 2 heterocycles. The van der Waals surface area contributed by atoms with Crippen molar-refractivity contribution in [2.45, 2.75) is 45.1 Å². The molecule has 0 saturated heterocycles. The predicted molar refractivity (Wildman–Crippen MR) is 118 cm³/mol. The SMILES string of the molecule is O=C(NCc1cccnc1)c1c(NC(=O)C2CC=CCC2C(=O)O)sc2c1CCCC2. The summed E-state index contributed by atoms with van der Waals surface area (Å²) >= 11 is 1.44. The number of aromatic nitrogens is 1. The van der Waals surface area contributed by atoms with Crippen molar-refractivity contribution in [3.8, 4) is 0 Å². The number of carboxylic acid groups (broad SMARTS) is 1. The zero-order valence-electron chi connectivity index (χ0n) is 17.1. The van der Waals surface area contributed by atoms with Crippen LogP contribution in [0.3, 0.4) is 0 Å². The molecule has 31 heavy (non-hydrogen) atoms. The van der Waals surface area contributed by atoms with E-state index < -0.39 is 17.8 Å². The van der Waals surface area contributed by atoms with E-state index in [9.17, 15) is 19.5 Å². The summed E-state index contributed by atoms with van der Waals surface area (Å²) in [7, 11) is 0. The summed E-state index contributed by atoms with van der Waals surface area (Å²) in [6.07, 6.45) is 11.5. The fourth-order valence-corrected chi connectivity index (χ4v) is 5.54. The molecule has 0 aromatic carbocycles. The Balaban J connectivity index is 1.56. The summed E-state index contributed by atoms with van der Waals surface area (Å²) in [6, 6.07) is 3.71. The van der Waals surface area contributed by atoms with Crippen molar-refractivity contribution in [1.29, 1.82) is 0 Å². The number of hydrogen-bond acceptors (Lipinski definition) is 5. The Morgan fingerprint density at radius 2 is 1.90 bits per heavy atom. The average molecular weight is 440 g/mol. The molecule has 0 saturated carbocycles. The molecule has 2 aliphatic rings. The topological polar surface area (TPSA) is 108 Å². The maximum absolute atomic E-state index is 13.1. The first kappa shape index (κ1) is 21.2. The van der Waals surface area contributed by atoms with E-state index in [1.165, 1.54) is 11.3 Å². The molecule has 0 bridgehead atoms. The van der Waals surface area contributed by atoms with Crippen molar-refractivity contribution in [2.24, 2.45) is 11.8 Å². The van der Waals surface area contributed by atoms with Crippen LogP contribution in [0.25, 0.3) is 0 Å². The van der Waals surface area contributed by atoms with Gasteiger partial charge in [-0.15, -0.1) is 11.3 Å². The third-order valence-electron chi connectivity index (χ3n) is 5.90. The predicted octanol–water partition coefficient (Wildman–Crippen LogP) is 3.56. The number of pyridine rings is 1. The second-order valence-corrected chi connectivity index (χ2v) is 9.05. The summed E-state index contributed by atoms with van der Waals surface area (Å²) in [6.45, 7) is 0.346. The van der Waals surface area contributed by atoms with Gasteiger partial charge >= 0.3 is 5.97 Å². The Morgan fingerprint density at radius 1 is 1.13 bits per heavy atom. The molecule has 2 unspecified atom stereocenters. The van der Waals surface area contributed by atoms with Crippen molar-refractivity contribution in [2.75, 3.05) is 5.32 Å². The van der Waals surface area contributed by atoms with Gasteiger partial charge in [0, 0.05) is 23.8 Å². The summed E-state index contributed by atoms with van der Waals surface area (Å²) in [5.41, 5.74) is 2.42. The number of amides is 2. The standard InChI is InChI=1S/C23H25N3O4S/c27-20(15-7-1-2-8-16(15)23(29)30)26-22-19(17-9-3-4-10-18(17)31-22)21(28)25-13-14-6-5-11-24-12-14/h1-2,5-6,11-12,15-16H,3-4,7-10,13H2,(H,25,28)(H,26,27)(H,29,30). The van der Waals surface area contributed by atoms with Gasteiger partial charge in [-0.2, -0.15) is 0 Å². The lowest BCUT2D eigenvalue weighted by Crippen LogP contribution is -2.35. The molecular formula is C23H25N3O4S. The minimum absolute atomic E-state index is 0.225. The van der Waals surface area contributed by atoms with Gasteiger partial charge in [0.1, 0.15) is 5.00 Å². The molecular weight excluding hydrogens is 414 g/mol. The molecule has 2 amide bonds. The van der Waals surface area contributed by atoms with Crippen LogP contribution in [-0.2, 0) is 29.0 Å². The molecule has 2 aromatic rings. The highest BCUT2D eigenvalue weighted by atomic mass is 32.1. The van der Waals surface area contributed by atoms with Crippen molar-refractivity contribution < 1.29 is 19.5 Å². The van der Waals surface area contributed by atoms with Gasteiger partial charge < -0.3 is 15.7 Å². The van der Waals surface area contributed by atoms with Crippen LogP contribution in [-0.4, -0.2) is 27.9 Å². The van der Waals surface area contributed by atoms with Gasteiger partial charge in [0.25, 0.3) is 5.91 Å². The van der Waals surface area contributed by atoms with Crippen LogP contribution < -0.4 is 10.6 Å². The zero-order valence-corrected chi connectivity index (χ0v) is 17.9. The number of carbonyl (C=O) groups is 3. The van der Waals surface area contributed by atoms with Crippen molar-refractivity contribution in [1.82, 2.24) is 10.3 Å². The smallest absolute Gasteiger partial charge is 0.307 e. The summed E-state index contributed by atoms with van der Waals surface area (Å²) in [5.74, 6) is -2.92. The lowest BCUT2D eigenvalue weighted by atomic mass is 9.82. The number of thiophene rings is 1. The van der Waals surface area contributed by atoms with E-state index in [-0.39, 0.29) is 11.8 Å². The van der Waals surface area contributed by atoms with Crippen molar-refractivity contribution in [3.05, 3.63) is 58.2 Å². The van der Waals surface area contributed by atoms with E-state index in [0.717, 1.165) is 41.7 Å². The third kappa shape index (κ3) is 4.69. The van der Waals surface area contributed by atoms with Crippen LogP contribution in [0.1, 0.15) is 52.0 Å². The third-order valence-corrected chi connectivity index (χ3v) is 7.10. The molecule has 2 atom stereocenters. The molecule has 0 fully saturated rings. The Morgan fingerprint density at radius 3 is 2.65 bits per heavy atom. The highest BCUT2D eigenvalue weighted by molar-refractivity contribution is 7.17. The number of anilines is 1. The lowest BCUT2D eigenvalue weighted by Gasteiger charge is -2.24. The van der Waals surface area contributed by atoms with Crippen LogP contribution in [0, 0.1) is 11.8 Å². The fourth-order valence-electron chi connectivity index (χ4n) is 4.25. The van der Waals surface area contributed by atoms with E-state index in [1.807, 2.05) is 24.3 Å². The second-order valence-electron chi connectivity index (χ2n) is 7.94. The molecule has 2 aliphatic carbocycles. The van der Waals surface area contributed by atoms with Crippen LogP contribution in [0.5, 0.6) is 0 Å². The number of carboxylic acids is 1. The van der Waals surface area contributed by atoms with Gasteiger partial charge in [0.15, 0.2) is 0 Å². The van der Waals surface area contributed by atoms with Crippen LogP contribution >= 0.6 is 11.3 Å². The van der Waals surface area contributed by atoms with E-state index in [1.54, 1.807) is 12.4 Å². The normalized spacial score (nSPS) is 20.0. The van der Waals surface area contributed by atoms with Crippen molar-refractivity contribution >= 4 is 34.1 Å². The summed E-state index contributed by atoms with van der Waals surface area (Å²) < 4.78 is 0. The largest absolute Gasteiger partial charge is 0.481 e. The van der Waals surface area contributed by atoms with E-state index in [2.05, 4.69) is 15.6 Å². The summed E-state index contributed by atoms with van der Waals surface area (Å²) in [5, 5.41) is 15.9. The Kier molecular flexibility index (Phi) is 6.46. The number of nitrogens with zero attached hydrogens (tertiary/aromatic N) is 1. The number of fused-ring (bicyclic) bond motifs is 1. The van der Waals surface area contributed by atoms with Gasteiger partial charge in [-0.1, -0.05) is 18.2 Å². The van der Waals surface area contributed by atoms with Gasteiger partial charge in [-0.3, -0.25) is 19.4 Å². The molecule has 0 radical (unpaired) electrons. The van der Waals surface area contributed by atoms with E-state index >= 15 is 0 Å². The molecule has 162 valence electrons. The van der Waals surface area contributed by atoms with E-state index in [4.69, 9.17) is 0 Å². The number of nitrogens with one attached hydrogen (secondary N) is 2. The maximum atomic E-state index is 13.1. The van der Waals surface area contributed by atoms with Crippen LogP contribution in [0.4, 0.5) is 5.00 Å². The number of aryl methyl sites for hydroxylation is 1. The summed E-state index contributed by atoms with van der Waals surface area (Å²) in [4.78, 5) is 42.9. The van der Waals surface area contributed by atoms with Crippen LogP contribution in [0.2, 0.25) is 0 Å². The van der Waals surface area contributed by atoms with Gasteiger partial charge in [-0.25, -0.2) is 0 Å². The minimum atomic E-state index is -0.968. The molecule has 3 N–H and O–H groups in total. The van der Waals surface area contributed by atoms with Crippen molar-refractivity contribution in [3.63, 3.8) is 0 Å². The van der Waals surface area contributed by atoms with Gasteiger partial charge in [0.05, 0.1) is 17.4 Å². The number of carbonyl (C=O) groups excluding carboxylic acids is 2. The number of aliphatic carboxylic acids is 1. The molecule has 7 nitrogen and oxygen atoms in total. The molecule has 2 aromatic heterocycles. The van der Waals surface area contributed by atoms with E-state index in [0.29, 0.717) is 30.0 Å². The van der Waals surface area contributed by atoms with Crippen LogP contribution in [0.15, 0.2) is 36.7 Å². The van der Waals surface area contributed by atoms with Gasteiger partial charge in [0.2, 0.25) is 5.91 Å². The molecule has 0 spiro atoms. The first-order valence-electron chi connectivity index (χ1n) is 10.5. The monoisotopic (exact) mass is 439 g/mol. The quantitative estimate of drug-likeness (QED) is 0.597.